The Morgan fingerprint density at radius 1 is 1.14 bits per heavy atom. The Hall–Kier alpha value is -2.75. The highest BCUT2D eigenvalue weighted by Gasteiger charge is 2.12. The van der Waals surface area contributed by atoms with Crippen LogP contribution in [0.3, 0.4) is 0 Å². The molecule has 0 spiro atoms. The molecule has 3 rings (SSSR count). The molecule has 0 aliphatic heterocycles. The maximum absolute atomic E-state index is 12.2. The van der Waals surface area contributed by atoms with Gasteiger partial charge in [-0.25, -0.2) is 0 Å². The molecule has 4 heteroatoms. The molecule has 3 aromatic rings. The molecule has 112 valence electrons. The number of amides is 1. The highest BCUT2D eigenvalue weighted by molar-refractivity contribution is 5.96. The van der Waals surface area contributed by atoms with Gasteiger partial charge in [0.2, 0.25) is 0 Å². The maximum Gasteiger partial charge on any atom is 0.287 e. The summed E-state index contributed by atoms with van der Waals surface area (Å²) in [7, 11) is 1.63. The molecule has 1 amide bonds. The average molecular weight is 295 g/mol. The third kappa shape index (κ3) is 2.96. The van der Waals surface area contributed by atoms with Crippen molar-refractivity contribution in [1.29, 1.82) is 0 Å². The predicted molar refractivity (Wildman–Crippen MR) is 85.1 cm³/mol. The zero-order valence-electron chi connectivity index (χ0n) is 12.6. The normalized spacial score (nSPS) is 10.6. The highest BCUT2D eigenvalue weighted by Crippen LogP contribution is 2.20. The number of carbonyl (C=O) groups excluding carboxylic acids is 1. The van der Waals surface area contributed by atoms with Crippen molar-refractivity contribution in [3.05, 3.63) is 65.4 Å². The molecule has 22 heavy (non-hydrogen) atoms. The van der Waals surface area contributed by atoms with Crippen molar-refractivity contribution in [3.63, 3.8) is 0 Å². The number of hydrogen-bond acceptors (Lipinski definition) is 3. The minimum Gasteiger partial charge on any atom is -0.497 e. The third-order valence-corrected chi connectivity index (χ3v) is 3.51. The fourth-order valence-electron chi connectivity index (χ4n) is 2.26. The summed E-state index contributed by atoms with van der Waals surface area (Å²) in [4.78, 5) is 12.2. The molecule has 0 fully saturated rings. The highest BCUT2D eigenvalue weighted by atomic mass is 16.5. The van der Waals surface area contributed by atoms with Crippen molar-refractivity contribution in [3.8, 4) is 5.75 Å². The van der Waals surface area contributed by atoms with E-state index in [0.717, 1.165) is 27.8 Å². The number of furan rings is 1. The van der Waals surface area contributed by atoms with Crippen molar-refractivity contribution in [2.24, 2.45) is 0 Å². The van der Waals surface area contributed by atoms with Gasteiger partial charge in [0, 0.05) is 11.9 Å². The van der Waals surface area contributed by atoms with E-state index < -0.39 is 0 Å². The van der Waals surface area contributed by atoms with E-state index in [4.69, 9.17) is 9.15 Å². The van der Waals surface area contributed by atoms with E-state index in [0.29, 0.717) is 12.3 Å². The van der Waals surface area contributed by atoms with Gasteiger partial charge in [-0.1, -0.05) is 24.3 Å². The first-order chi connectivity index (χ1) is 10.7. The molecule has 1 heterocycles. The Kier molecular flexibility index (Phi) is 3.83. The van der Waals surface area contributed by atoms with Crippen LogP contribution in [0.5, 0.6) is 5.75 Å². The zero-order chi connectivity index (χ0) is 15.5. The van der Waals surface area contributed by atoms with Crippen LogP contribution in [-0.4, -0.2) is 13.0 Å². The SMILES string of the molecule is COc1ccc(CNC(=O)c2cc3ccc(C)cc3o2)cc1. The summed E-state index contributed by atoms with van der Waals surface area (Å²) in [6, 6.07) is 15.2. The Morgan fingerprint density at radius 2 is 1.91 bits per heavy atom. The van der Waals surface area contributed by atoms with Crippen LogP contribution in [0.2, 0.25) is 0 Å². The van der Waals surface area contributed by atoms with Gasteiger partial charge in [0.15, 0.2) is 5.76 Å². The smallest absolute Gasteiger partial charge is 0.287 e. The molecule has 0 saturated heterocycles. The van der Waals surface area contributed by atoms with Crippen molar-refractivity contribution in [2.75, 3.05) is 7.11 Å². The first-order valence-electron chi connectivity index (χ1n) is 7.07. The summed E-state index contributed by atoms with van der Waals surface area (Å²) in [5.74, 6) is 0.904. The summed E-state index contributed by atoms with van der Waals surface area (Å²) < 4.78 is 10.7. The van der Waals surface area contributed by atoms with Crippen LogP contribution in [-0.2, 0) is 6.54 Å². The summed E-state index contributed by atoms with van der Waals surface area (Å²) >= 11 is 0. The fraction of sp³-hybridized carbons (Fsp3) is 0.167. The van der Waals surface area contributed by atoms with E-state index in [1.165, 1.54) is 0 Å². The van der Waals surface area contributed by atoms with Gasteiger partial charge in [-0.05, 0) is 42.3 Å². The standard InChI is InChI=1S/C18H17NO3/c1-12-3-6-14-10-17(22-16(14)9-12)18(20)19-11-13-4-7-15(21-2)8-5-13/h3-10H,11H2,1-2H3,(H,19,20). The number of ether oxygens (including phenoxy) is 1. The third-order valence-electron chi connectivity index (χ3n) is 3.51. The number of rotatable bonds is 4. The van der Waals surface area contributed by atoms with Gasteiger partial charge in [0.05, 0.1) is 7.11 Å². The van der Waals surface area contributed by atoms with Gasteiger partial charge in [0.25, 0.3) is 5.91 Å². The van der Waals surface area contributed by atoms with Crippen molar-refractivity contribution in [1.82, 2.24) is 5.32 Å². The predicted octanol–water partition coefficient (Wildman–Crippen LogP) is 3.68. The van der Waals surface area contributed by atoms with Crippen molar-refractivity contribution >= 4 is 16.9 Å². The van der Waals surface area contributed by atoms with Crippen LogP contribution in [0, 0.1) is 6.92 Å². The lowest BCUT2D eigenvalue weighted by molar-refractivity contribution is 0.0925. The molecule has 0 radical (unpaired) electrons. The molecule has 0 aliphatic rings. The Labute approximate surface area is 128 Å². The van der Waals surface area contributed by atoms with Crippen LogP contribution in [0.4, 0.5) is 0 Å². The largest absolute Gasteiger partial charge is 0.497 e. The quantitative estimate of drug-likeness (QED) is 0.799. The number of aryl methyl sites for hydroxylation is 1. The lowest BCUT2D eigenvalue weighted by atomic mass is 10.2. The molecule has 4 nitrogen and oxygen atoms in total. The molecule has 0 saturated carbocycles. The number of methoxy groups -OCH3 is 1. The first kappa shape index (κ1) is 14.2. The molecule has 0 bridgehead atoms. The van der Waals surface area contributed by atoms with E-state index in [9.17, 15) is 4.79 Å². The second-order valence-corrected chi connectivity index (χ2v) is 5.18. The van der Waals surface area contributed by atoms with Crippen molar-refractivity contribution in [2.45, 2.75) is 13.5 Å². The van der Waals surface area contributed by atoms with Crippen LogP contribution < -0.4 is 10.1 Å². The van der Waals surface area contributed by atoms with E-state index in [1.807, 2.05) is 49.4 Å². The van der Waals surface area contributed by atoms with E-state index >= 15 is 0 Å². The van der Waals surface area contributed by atoms with E-state index in [1.54, 1.807) is 13.2 Å². The summed E-state index contributed by atoms with van der Waals surface area (Å²) in [5.41, 5.74) is 2.84. The Bertz CT molecular complexity index is 803. The van der Waals surface area contributed by atoms with Gasteiger partial charge in [-0.15, -0.1) is 0 Å². The Morgan fingerprint density at radius 3 is 2.64 bits per heavy atom. The van der Waals surface area contributed by atoms with Gasteiger partial charge >= 0.3 is 0 Å². The van der Waals surface area contributed by atoms with Crippen LogP contribution in [0.15, 0.2) is 52.9 Å². The molecule has 2 aromatic carbocycles. The van der Waals surface area contributed by atoms with Gasteiger partial charge < -0.3 is 14.5 Å². The van der Waals surface area contributed by atoms with E-state index in [-0.39, 0.29) is 5.91 Å². The minimum absolute atomic E-state index is 0.218. The van der Waals surface area contributed by atoms with Crippen molar-refractivity contribution < 1.29 is 13.9 Å². The minimum atomic E-state index is -0.218. The summed E-state index contributed by atoms with van der Waals surface area (Å²) in [6.07, 6.45) is 0. The van der Waals surface area contributed by atoms with Crippen LogP contribution in [0.1, 0.15) is 21.7 Å². The average Bonchev–Trinajstić information content (AvgIpc) is 2.96. The lowest BCUT2D eigenvalue weighted by Gasteiger charge is -2.04. The van der Waals surface area contributed by atoms with Crippen LogP contribution >= 0.6 is 0 Å². The maximum atomic E-state index is 12.2. The molecule has 0 atom stereocenters. The molecule has 0 aliphatic carbocycles. The topological polar surface area (TPSA) is 51.5 Å². The van der Waals surface area contributed by atoms with Gasteiger partial charge in [-0.3, -0.25) is 4.79 Å². The summed E-state index contributed by atoms with van der Waals surface area (Å²) in [5, 5.41) is 3.79. The van der Waals surface area contributed by atoms with E-state index in [2.05, 4.69) is 5.32 Å². The zero-order valence-corrected chi connectivity index (χ0v) is 12.6. The van der Waals surface area contributed by atoms with Gasteiger partial charge in [0.1, 0.15) is 11.3 Å². The summed E-state index contributed by atoms with van der Waals surface area (Å²) in [6.45, 7) is 2.43. The fourth-order valence-corrected chi connectivity index (χ4v) is 2.26. The second-order valence-electron chi connectivity index (χ2n) is 5.18. The first-order valence-corrected chi connectivity index (χ1v) is 7.07. The number of hydrogen-bond donors (Lipinski definition) is 1. The second kappa shape index (κ2) is 5.93. The Balaban J connectivity index is 1.69. The number of fused-ring (bicyclic) bond motifs is 1. The monoisotopic (exact) mass is 295 g/mol. The number of nitrogens with one attached hydrogen (secondary N) is 1. The molecule has 1 N–H and O–H groups in total. The lowest BCUT2D eigenvalue weighted by Crippen LogP contribution is -2.22. The molecular weight excluding hydrogens is 278 g/mol. The number of benzene rings is 2. The molecular formula is C18H17NO3. The molecule has 0 unspecified atom stereocenters. The van der Waals surface area contributed by atoms with Crippen LogP contribution in [0.25, 0.3) is 11.0 Å². The number of carbonyl (C=O) groups is 1. The molecule has 1 aromatic heterocycles. The van der Waals surface area contributed by atoms with Gasteiger partial charge in [-0.2, -0.15) is 0 Å².